The van der Waals surface area contributed by atoms with E-state index in [4.69, 9.17) is 5.73 Å². The molecule has 0 unspecified atom stereocenters. The summed E-state index contributed by atoms with van der Waals surface area (Å²) >= 11 is 0. The predicted octanol–water partition coefficient (Wildman–Crippen LogP) is 1.87. The van der Waals surface area contributed by atoms with Crippen molar-refractivity contribution < 1.29 is 13.2 Å². The van der Waals surface area contributed by atoms with Crippen LogP contribution in [0.1, 0.15) is 0 Å². The third-order valence-electron chi connectivity index (χ3n) is 1.89. The van der Waals surface area contributed by atoms with Crippen molar-refractivity contribution in [2.45, 2.75) is 0 Å². The highest BCUT2D eigenvalue weighted by Gasteiger charge is 2.12. The number of hydrogen-bond acceptors (Lipinski definition) is 2. The van der Waals surface area contributed by atoms with Gasteiger partial charge in [-0.05, 0) is 0 Å². The Bertz CT molecular complexity index is 484. The molecule has 0 radical (unpaired) electrons. The quantitative estimate of drug-likeness (QED) is 0.735. The average molecular weight is 213 g/mol. The lowest BCUT2D eigenvalue weighted by Crippen LogP contribution is -2.04. The molecule has 0 spiro atoms. The van der Waals surface area contributed by atoms with Gasteiger partial charge in [-0.15, -0.1) is 0 Å². The highest BCUT2D eigenvalue weighted by atomic mass is 19.2. The normalized spacial score (nSPS) is 10.6. The zero-order chi connectivity index (χ0) is 11.0. The van der Waals surface area contributed by atoms with E-state index >= 15 is 0 Å². The molecule has 0 amide bonds. The Balaban J connectivity index is 2.60. The van der Waals surface area contributed by atoms with Gasteiger partial charge in [0.2, 0.25) is 0 Å². The van der Waals surface area contributed by atoms with Crippen molar-refractivity contribution in [3.8, 4) is 5.69 Å². The fourth-order valence-electron chi connectivity index (χ4n) is 1.19. The van der Waals surface area contributed by atoms with Crippen LogP contribution in [0.15, 0.2) is 24.4 Å². The summed E-state index contributed by atoms with van der Waals surface area (Å²) in [6.45, 7) is 0. The fourth-order valence-corrected chi connectivity index (χ4v) is 1.19. The van der Waals surface area contributed by atoms with E-state index in [2.05, 4.69) is 5.10 Å². The van der Waals surface area contributed by atoms with Crippen LogP contribution >= 0.6 is 0 Å². The molecular weight excluding hydrogens is 207 g/mol. The van der Waals surface area contributed by atoms with Crippen molar-refractivity contribution in [1.29, 1.82) is 0 Å². The number of anilines is 1. The molecule has 0 bridgehead atoms. The smallest absolute Gasteiger partial charge is 0.194 e. The van der Waals surface area contributed by atoms with Crippen molar-refractivity contribution in [3.63, 3.8) is 0 Å². The standard InChI is InChI=1S/C9H6F3N3/c10-6-3-5(4-7(11)9(6)12)15-8(13)1-2-14-15/h1-4H,13H2. The van der Waals surface area contributed by atoms with E-state index in [0.717, 1.165) is 16.8 Å². The third kappa shape index (κ3) is 1.54. The van der Waals surface area contributed by atoms with Crippen molar-refractivity contribution >= 4 is 5.82 Å². The van der Waals surface area contributed by atoms with E-state index in [1.807, 2.05) is 0 Å². The van der Waals surface area contributed by atoms with Gasteiger partial charge in [-0.1, -0.05) is 0 Å². The molecule has 1 aromatic carbocycles. The Hall–Kier alpha value is -1.98. The second-order valence-electron chi connectivity index (χ2n) is 2.89. The number of aromatic nitrogens is 2. The maximum Gasteiger partial charge on any atom is 0.194 e. The van der Waals surface area contributed by atoms with Gasteiger partial charge in [-0.2, -0.15) is 5.10 Å². The minimum Gasteiger partial charge on any atom is -0.384 e. The molecule has 2 aromatic rings. The summed E-state index contributed by atoms with van der Waals surface area (Å²) in [4.78, 5) is 0. The number of benzene rings is 1. The summed E-state index contributed by atoms with van der Waals surface area (Å²) in [5.41, 5.74) is 5.51. The molecule has 0 aliphatic heterocycles. The van der Waals surface area contributed by atoms with Gasteiger partial charge in [-0.3, -0.25) is 0 Å². The number of nitrogen functional groups attached to an aromatic ring is 1. The molecule has 0 aliphatic rings. The number of nitrogens with zero attached hydrogens (tertiary/aromatic N) is 2. The van der Waals surface area contributed by atoms with Crippen molar-refractivity contribution in [3.05, 3.63) is 41.8 Å². The average Bonchev–Trinajstić information content (AvgIpc) is 2.60. The summed E-state index contributed by atoms with van der Waals surface area (Å²) < 4.78 is 39.5. The molecule has 2 rings (SSSR count). The zero-order valence-electron chi connectivity index (χ0n) is 7.42. The van der Waals surface area contributed by atoms with Crippen LogP contribution in [0.2, 0.25) is 0 Å². The largest absolute Gasteiger partial charge is 0.384 e. The molecule has 2 N–H and O–H groups in total. The lowest BCUT2D eigenvalue weighted by Gasteiger charge is -2.04. The Kier molecular flexibility index (Phi) is 2.11. The number of halogens is 3. The van der Waals surface area contributed by atoms with Gasteiger partial charge in [0.1, 0.15) is 5.82 Å². The van der Waals surface area contributed by atoms with Gasteiger partial charge in [0.25, 0.3) is 0 Å². The summed E-state index contributed by atoms with van der Waals surface area (Å²) in [7, 11) is 0. The number of rotatable bonds is 1. The lowest BCUT2D eigenvalue weighted by molar-refractivity contribution is 0.446. The van der Waals surface area contributed by atoms with E-state index < -0.39 is 17.5 Å². The van der Waals surface area contributed by atoms with Gasteiger partial charge < -0.3 is 5.73 Å². The molecule has 0 fully saturated rings. The van der Waals surface area contributed by atoms with Crippen molar-refractivity contribution in [1.82, 2.24) is 9.78 Å². The lowest BCUT2D eigenvalue weighted by atomic mass is 10.3. The molecule has 15 heavy (non-hydrogen) atoms. The van der Waals surface area contributed by atoms with E-state index in [0.29, 0.717) is 0 Å². The molecule has 3 nitrogen and oxygen atoms in total. The topological polar surface area (TPSA) is 43.8 Å². The van der Waals surface area contributed by atoms with Crippen LogP contribution in [0.25, 0.3) is 5.69 Å². The van der Waals surface area contributed by atoms with Gasteiger partial charge in [-0.25, -0.2) is 17.9 Å². The maximum absolute atomic E-state index is 12.9. The van der Waals surface area contributed by atoms with Crippen LogP contribution in [-0.2, 0) is 0 Å². The number of nitrogens with two attached hydrogens (primary N) is 1. The Labute approximate surface area is 82.9 Å². The van der Waals surface area contributed by atoms with Gasteiger partial charge in [0.15, 0.2) is 17.5 Å². The second-order valence-corrected chi connectivity index (χ2v) is 2.89. The maximum atomic E-state index is 12.9. The van der Waals surface area contributed by atoms with Crippen LogP contribution in [0.4, 0.5) is 19.0 Å². The van der Waals surface area contributed by atoms with Gasteiger partial charge >= 0.3 is 0 Å². The molecular formula is C9H6F3N3. The molecule has 6 heteroatoms. The van der Waals surface area contributed by atoms with Crippen LogP contribution in [0.3, 0.4) is 0 Å². The highest BCUT2D eigenvalue weighted by molar-refractivity contribution is 5.41. The summed E-state index contributed by atoms with van der Waals surface area (Å²) in [6.07, 6.45) is 1.37. The summed E-state index contributed by atoms with van der Waals surface area (Å²) in [6, 6.07) is 3.10. The van der Waals surface area contributed by atoms with Gasteiger partial charge in [0, 0.05) is 18.2 Å². The van der Waals surface area contributed by atoms with Crippen molar-refractivity contribution in [2.75, 3.05) is 5.73 Å². The van der Waals surface area contributed by atoms with E-state index in [1.54, 1.807) is 0 Å². The van der Waals surface area contributed by atoms with Crippen LogP contribution in [-0.4, -0.2) is 9.78 Å². The molecule has 0 saturated carbocycles. The molecule has 1 heterocycles. The zero-order valence-corrected chi connectivity index (χ0v) is 7.42. The molecule has 1 aromatic heterocycles. The molecule has 0 aliphatic carbocycles. The Morgan fingerprint density at radius 2 is 1.73 bits per heavy atom. The first-order valence-electron chi connectivity index (χ1n) is 4.04. The summed E-state index contributed by atoms with van der Waals surface area (Å²) in [5.74, 6) is -3.86. The third-order valence-corrected chi connectivity index (χ3v) is 1.89. The number of hydrogen-bond donors (Lipinski definition) is 1. The molecule has 78 valence electrons. The minimum absolute atomic E-state index is 0.0360. The van der Waals surface area contributed by atoms with E-state index in [-0.39, 0.29) is 11.5 Å². The minimum atomic E-state index is -1.51. The molecule has 0 atom stereocenters. The first-order chi connectivity index (χ1) is 7.09. The highest BCUT2D eigenvalue weighted by Crippen LogP contribution is 2.18. The van der Waals surface area contributed by atoms with E-state index in [1.165, 1.54) is 12.3 Å². The van der Waals surface area contributed by atoms with Crippen molar-refractivity contribution in [2.24, 2.45) is 0 Å². The Morgan fingerprint density at radius 3 is 2.20 bits per heavy atom. The van der Waals surface area contributed by atoms with Gasteiger partial charge in [0.05, 0.1) is 11.9 Å². The Morgan fingerprint density at radius 1 is 1.13 bits per heavy atom. The summed E-state index contributed by atoms with van der Waals surface area (Å²) in [5, 5.41) is 3.73. The second kappa shape index (κ2) is 3.30. The predicted molar refractivity (Wildman–Crippen MR) is 47.9 cm³/mol. The van der Waals surface area contributed by atoms with Crippen LogP contribution < -0.4 is 5.73 Å². The first-order valence-corrected chi connectivity index (χ1v) is 4.04. The van der Waals surface area contributed by atoms with E-state index in [9.17, 15) is 13.2 Å². The monoisotopic (exact) mass is 213 g/mol. The SMILES string of the molecule is Nc1ccnn1-c1cc(F)c(F)c(F)c1. The van der Waals surface area contributed by atoms with Crippen LogP contribution in [0, 0.1) is 17.5 Å². The van der Waals surface area contributed by atoms with Crippen LogP contribution in [0.5, 0.6) is 0 Å². The first kappa shape index (κ1) is 9.57. The fraction of sp³-hybridized carbons (Fsp3) is 0. The molecule has 0 saturated heterocycles.